The average Bonchev–Trinajstić information content (AvgIpc) is 2.96. The molecule has 5 nitrogen and oxygen atoms in total. The van der Waals surface area contributed by atoms with Crippen LogP contribution in [0.2, 0.25) is 0 Å². The molecule has 0 aliphatic heterocycles. The summed E-state index contributed by atoms with van der Waals surface area (Å²) in [6.07, 6.45) is 1.67. The van der Waals surface area contributed by atoms with E-state index in [4.69, 9.17) is 0 Å². The summed E-state index contributed by atoms with van der Waals surface area (Å²) in [6.45, 7) is 10.7. The largest absolute Gasteiger partial charge is 0.339 e. The quantitative estimate of drug-likeness (QED) is 0.343. The number of carbonyl (C=O) groups excluding carboxylic acids is 1. The van der Waals surface area contributed by atoms with Gasteiger partial charge in [0.05, 0.1) is 6.21 Å². The highest BCUT2D eigenvalue weighted by Crippen LogP contribution is 2.25. The standard InChI is InChI=1S/C24H27BrN4O/c1-16-14-18(15-26-28-23(30)27-21-10-8-20(25)9-11-21)17(2)29(16)22-12-6-19(7-13-22)24(3,4)5/h6-15H,1-5H3,(H2,27,28,30)/b26-15-. The van der Waals surface area contributed by atoms with Gasteiger partial charge in [-0.3, -0.25) is 0 Å². The minimum atomic E-state index is -0.389. The summed E-state index contributed by atoms with van der Waals surface area (Å²) >= 11 is 3.37. The number of nitrogens with one attached hydrogen (secondary N) is 2. The Balaban J connectivity index is 1.70. The van der Waals surface area contributed by atoms with E-state index in [2.05, 4.69) is 94.4 Å². The first-order chi connectivity index (χ1) is 14.1. The first-order valence-electron chi connectivity index (χ1n) is 9.80. The van der Waals surface area contributed by atoms with Crippen LogP contribution in [0, 0.1) is 13.8 Å². The highest BCUT2D eigenvalue weighted by atomic mass is 79.9. The van der Waals surface area contributed by atoms with Gasteiger partial charge in [-0.05, 0) is 67.3 Å². The number of aromatic nitrogens is 1. The number of carbonyl (C=O) groups is 1. The zero-order valence-corrected chi connectivity index (χ0v) is 19.5. The topological polar surface area (TPSA) is 58.4 Å². The van der Waals surface area contributed by atoms with Crippen molar-refractivity contribution in [1.82, 2.24) is 9.99 Å². The van der Waals surface area contributed by atoms with Crippen LogP contribution in [0.15, 0.2) is 64.2 Å². The van der Waals surface area contributed by atoms with E-state index in [0.29, 0.717) is 5.69 Å². The van der Waals surface area contributed by atoms with Gasteiger partial charge >= 0.3 is 6.03 Å². The number of benzene rings is 2. The summed E-state index contributed by atoms with van der Waals surface area (Å²) in [5.74, 6) is 0. The SMILES string of the molecule is Cc1cc(/C=N\NC(=O)Nc2ccc(Br)cc2)c(C)n1-c1ccc(C(C)(C)C)cc1. The van der Waals surface area contributed by atoms with Gasteiger partial charge in [-0.1, -0.05) is 48.8 Å². The molecule has 6 heteroatoms. The first-order valence-corrected chi connectivity index (χ1v) is 10.6. The van der Waals surface area contributed by atoms with Crippen molar-refractivity contribution >= 4 is 33.9 Å². The smallest absolute Gasteiger partial charge is 0.318 e. The predicted molar refractivity (Wildman–Crippen MR) is 128 cm³/mol. The van der Waals surface area contributed by atoms with Crippen molar-refractivity contribution in [3.63, 3.8) is 0 Å². The molecule has 2 aromatic carbocycles. The zero-order chi connectivity index (χ0) is 21.9. The van der Waals surface area contributed by atoms with Crippen LogP contribution < -0.4 is 10.7 Å². The Morgan fingerprint density at radius 3 is 2.27 bits per heavy atom. The Hall–Kier alpha value is -2.86. The van der Waals surface area contributed by atoms with Crippen LogP contribution in [0.5, 0.6) is 0 Å². The molecule has 0 fully saturated rings. The van der Waals surface area contributed by atoms with Gasteiger partial charge in [0.2, 0.25) is 0 Å². The molecule has 0 unspecified atom stereocenters. The van der Waals surface area contributed by atoms with Crippen LogP contribution in [0.3, 0.4) is 0 Å². The van der Waals surface area contributed by atoms with E-state index in [-0.39, 0.29) is 11.4 Å². The van der Waals surface area contributed by atoms with Crippen LogP contribution in [0.1, 0.15) is 43.3 Å². The molecular weight excluding hydrogens is 440 g/mol. The monoisotopic (exact) mass is 466 g/mol. The molecule has 2 amide bonds. The van der Waals surface area contributed by atoms with Crippen molar-refractivity contribution in [2.75, 3.05) is 5.32 Å². The van der Waals surface area contributed by atoms with Crippen LogP contribution in [0.25, 0.3) is 5.69 Å². The van der Waals surface area contributed by atoms with E-state index in [9.17, 15) is 4.79 Å². The molecule has 0 radical (unpaired) electrons. The zero-order valence-electron chi connectivity index (χ0n) is 18.0. The normalized spacial score (nSPS) is 11.7. The molecule has 0 spiro atoms. The number of urea groups is 1. The lowest BCUT2D eigenvalue weighted by Gasteiger charge is -2.20. The van der Waals surface area contributed by atoms with Crippen LogP contribution in [-0.2, 0) is 5.41 Å². The number of aryl methyl sites for hydroxylation is 1. The Bertz CT molecular complexity index is 1060. The Kier molecular flexibility index (Phi) is 6.46. The van der Waals surface area contributed by atoms with E-state index in [0.717, 1.165) is 27.1 Å². The second-order valence-electron chi connectivity index (χ2n) is 8.29. The van der Waals surface area contributed by atoms with E-state index in [1.807, 2.05) is 31.2 Å². The molecule has 0 bridgehead atoms. The van der Waals surface area contributed by atoms with Crippen LogP contribution >= 0.6 is 15.9 Å². The molecular formula is C24H27BrN4O. The van der Waals surface area contributed by atoms with Gasteiger partial charge in [-0.2, -0.15) is 5.10 Å². The van der Waals surface area contributed by atoms with Gasteiger partial charge in [-0.15, -0.1) is 0 Å². The molecule has 0 saturated carbocycles. The Labute approximate surface area is 186 Å². The number of halogens is 1. The lowest BCUT2D eigenvalue weighted by Crippen LogP contribution is -2.24. The molecule has 1 aromatic heterocycles. The third-order valence-corrected chi connectivity index (χ3v) is 5.46. The number of hydrogen-bond acceptors (Lipinski definition) is 2. The average molecular weight is 467 g/mol. The summed E-state index contributed by atoms with van der Waals surface area (Å²) < 4.78 is 3.14. The van der Waals surface area contributed by atoms with Crippen molar-refractivity contribution in [3.8, 4) is 5.69 Å². The van der Waals surface area contributed by atoms with Gasteiger partial charge in [-0.25, -0.2) is 10.2 Å². The molecule has 3 rings (SSSR count). The number of hydrogen-bond donors (Lipinski definition) is 2. The minimum absolute atomic E-state index is 0.125. The Morgan fingerprint density at radius 2 is 1.67 bits per heavy atom. The first kappa shape index (κ1) is 21.8. The molecule has 0 atom stereocenters. The van der Waals surface area contributed by atoms with Gasteiger partial charge in [0.15, 0.2) is 0 Å². The van der Waals surface area contributed by atoms with E-state index >= 15 is 0 Å². The molecule has 0 aliphatic rings. The fourth-order valence-electron chi connectivity index (χ4n) is 3.28. The van der Waals surface area contributed by atoms with Crippen molar-refractivity contribution < 1.29 is 4.79 Å². The lowest BCUT2D eigenvalue weighted by atomic mass is 9.87. The van der Waals surface area contributed by atoms with Gasteiger partial charge in [0.25, 0.3) is 0 Å². The second kappa shape index (κ2) is 8.88. The highest BCUT2D eigenvalue weighted by molar-refractivity contribution is 9.10. The molecule has 1 heterocycles. The molecule has 2 N–H and O–H groups in total. The third-order valence-electron chi connectivity index (χ3n) is 4.93. The van der Waals surface area contributed by atoms with Gasteiger partial charge in [0.1, 0.15) is 0 Å². The number of rotatable bonds is 4. The maximum Gasteiger partial charge on any atom is 0.339 e. The van der Waals surface area contributed by atoms with Crippen LogP contribution in [0.4, 0.5) is 10.5 Å². The number of nitrogens with zero attached hydrogens (tertiary/aromatic N) is 2. The molecule has 0 saturated heterocycles. The van der Waals surface area contributed by atoms with Crippen molar-refractivity contribution in [2.24, 2.45) is 5.10 Å². The van der Waals surface area contributed by atoms with Crippen molar-refractivity contribution in [1.29, 1.82) is 0 Å². The molecule has 30 heavy (non-hydrogen) atoms. The summed E-state index contributed by atoms with van der Waals surface area (Å²) in [4.78, 5) is 12.0. The van der Waals surface area contributed by atoms with E-state index in [1.54, 1.807) is 6.21 Å². The number of amides is 2. The maximum atomic E-state index is 12.0. The van der Waals surface area contributed by atoms with E-state index < -0.39 is 0 Å². The number of anilines is 1. The van der Waals surface area contributed by atoms with Gasteiger partial charge < -0.3 is 9.88 Å². The summed E-state index contributed by atoms with van der Waals surface area (Å²) in [6, 6.07) is 17.7. The Morgan fingerprint density at radius 1 is 1.03 bits per heavy atom. The molecule has 3 aromatic rings. The lowest BCUT2D eigenvalue weighted by molar-refractivity contribution is 0.252. The fraction of sp³-hybridized carbons (Fsp3) is 0.250. The summed E-state index contributed by atoms with van der Waals surface area (Å²) in [7, 11) is 0. The molecule has 0 aliphatic carbocycles. The third kappa shape index (κ3) is 5.19. The number of hydrazone groups is 1. The predicted octanol–water partition coefficient (Wildman–Crippen LogP) is 6.31. The highest BCUT2D eigenvalue weighted by Gasteiger charge is 2.14. The van der Waals surface area contributed by atoms with Crippen LogP contribution in [-0.4, -0.2) is 16.8 Å². The van der Waals surface area contributed by atoms with Gasteiger partial charge in [0, 0.05) is 32.8 Å². The van der Waals surface area contributed by atoms with E-state index in [1.165, 1.54) is 5.56 Å². The summed E-state index contributed by atoms with van der Waals surface area (Å²) in [5.41, 5.74) is 8.87. The molecule has 156 valence electrons. The fourth-order valence-corrected chi connectivity index (χ4v) is 3.54. The second-order valence-corrected chi connectivity index (χ2v) is 9.21. The van der Waals surface area contributed by atoms with Crippen molar-refractivity contribution in [3.05, 3.63) is 81.6 Å². The minimum Gasteiger partial charge on any atom is -0.318 e. The van der Waals surface area contributed by atoms with Crippen molar-refractivity contribution in [2.45, 2.75) is 40.0 Å². The maximum absolute atomic E-state index is 12.0. The summed E-state index contributed by atoms with van der Waals surface area (Å²) in [5, 5.41) is 6.84.